The summed E-state index contributed by atoms with van der Waals surface area (Å²) < 4.78 is 38.2. The molecule has 1 saturated heterocycles. The van der Waals surface area contributed by atoms with Crippen molar-refractivity contribution in [3.63, 3.8) is 0 Å². The maximum atomic E-state index is 12.6. The monoisotopic (exact) mass is 311 g/mol. The van der Waals surface area contributed by atoms with Crippen LogP contribution >= 0.6 is 0 Å². The van der Waals surface area contributed by atoms with Crippen molar-refractivity contribution < 1.29 is 17.9 Å². The van der Waals surface area contributed by atoms with Gasteiger partial charge in [-0.3, -0.25) is 0 Å². The first kappa shape index (κ1) is 14.8. The van der Waals surface area contributed by atoms with Crippen LogP contribution in [0.25, 0.3) is 0 Å². The fourth-order valence-corrected chi connectivity index (χ4v) is 4.43. The van der Waals surface area contributed by atoms with Crippen LogP contribution in [0.3, 0.4) is 0 Å². The molecule has 0 radical (unpaired) electrons. The third kappa shape index (κ3) is 2.25. The Morgan fingerprint density at radius 1 is 1.24 bits per heavy atom. The zero-order chi connectivity index (χ0) is 15.4. The first-order valence-electron chi connectivity index (χ1n) is 7.30. The molecule has 0 aliphatic carbocycles. The molecule has 0 saturated carbocycles. The van der Waals surface area contributed by atoms with Gasteiger partial charge in [0.15, 0.2) is 0 Å². The van der Waals surface area contributed by atoms with E-state index in [4.69, 9.17) is 9.47 Å². The number of nitrogens with zero attached hydrogens (tertiary/aromatic N) is 1. The van der Waals surface area contributed by atoms with E-state index in [1.54, 1.807) is 18.2 Å². The normalized spacial score (nSPS) is 26.0. The lowest BCUT2D eigenvalue weighted by Crippen LogP contribution is -2.38. The van der Waals surface area contributed by atoms with E-state index < -0.39 is 10.0 Å². The summed E-state index contributed by atoms with van der Waals surface area (Å²) in [4.78, 5) is 0.308. The molecular weight excluding hydrogens is 290 g/mol. The molecule has 3 rings (SSSR count). The number of ether oxygens (including phenoxy) is 2. The number of hydrogen-bond donors (Lipinski definition) is 0. The fraction of sp³-hybridized carbons (Fsp3) is 0.600. The Labute approximate surface area is 125 Å². The summed E-state index contributed by atoms with van der Waals surface area (Å²) in [5, 5.41) is 0. The average Bonchev–Trinajstić information content (AvgIpc) is 3.20. The molecule has 2 atom stereocenters. The lowest BCUT2D eigenvalue weighted by atomic mass is 9.94. The van der Waals surface area contributed by atoms with Crippen LogP contribution in [0.1, 0.15) is 39.4 Å². The van der Waals surface area contributed by atoms with Crippen molar-refractivity contribution in [3.05, 3.63) is 23.8 Å². The van der Waals surface area contributed by atoms with Crippen LogP contribution in [0.5, 0.6) is 5.75 Å². The van der Waals surface area contributed by atoms with E-state index in [9.17, 15) is 8.42 Å². The predicted molar refractivity (Wildman–Crippen MR) is 78.9 cm³/mol. The van der Waals surface area contributed by atoms with Crippen molar-refractivity contribution in [1.82, 2.24) is 4.31 Å². The highest BCUT2D eigenvalue weighted by Gasteiger charge is 2.56. The van der Waals surface area contributed by atoms with E-state index in [1.165, 1.54) is 4.31 Å². The van der Waals surface area contributed by atoms with Crippen molar-refractivity contribution in [2.75, 3.05) is 13.1 Å². The molecule has 0 N–H and O–H groups in total. The molecule has 2 aliphatic rings. The summed E-state index contributed by atoms with van der Waals surface area (Å²) >= 11 is 0. The molecule has 116 valence electrons. The Morgan fingerprint density at radius 3 is 2.52 bits per heavy atom. The van der Waals surface area contributed by atoms with Crippen LogP contribution in [-0.2, 0) is 14.8 Å². The highest BCUT2D eigenvalue weighted by atomic mass is 32.2. The third-order valence-corrected chi connectivity index (χ3v) is 6.23. The van der Waals surface area contributed by atoms with Crippen LogP contribution in [0.2, 0.25) is 0 Å². The molecule has 0 aromatic heterocycles. The highest BCUT2D eigenvalue weighted by molar-refractivity contribution is 7.89. The number of rotatable bonds is 4. The number of sulfonamides is 1. The Balaban J connectivity index is 2.01. The minimum absolute atomic E-state index is 0.0106. The predicted octanol–water partition coefficient (Wildman–Crippen LogP) is 2.33. The molecule has 1 aromatic carbocycles. The topological polar surface area (TPSA) is 59.1 Å². The largest absolute Gasteiger partial charge is 0.485 e. The van der Waals surface area contributed by atoms with Crippen molar-refractivity contribution in [2.45, 2.75) is 50.4 Å². The smallest absolute Gasteiger partial charge is 0.243 e. The fourth-order valence-electron chi connectivity index (χ4n) is 2.93. The standard InChI is InChI=1S/C15H21NO4S/c1-5-16(6-2)21(17,18)10-7-8-12-11(9-10)13-14(19-13)15(3,4)20-12/h7-9,13-14H,5-6H2,1-4H3/t13-,14-/m0/s1. The number of epoxide rings is 1. The average molecular weight is 311 g/mol. The van der Waals surface area contributed by atoms with E-state index in [-0.39, 0.29) is 17.8 Å². The lowest BCUT2D eigenvalue weighted by Gasteiger charge is -2.30. The van der Waals surface area contributed by atoms with Gasteiger partial charge in [0.05, 0.1) is 4.90 Å². The molecule has 0 amide bonds. The van der Waals surface area contributed by atoms with Gasteiger partial charge in [0.2, 0.25) is 10.0 Å². The highest BCUT2D eigenvalue weighted by Crippen LogP contribution is 2.54. The summed E-state index contributed by atoms with van der Waals surface area (Å²) in [7, 11) is -3.45. The van der Waals surface area contributed by atoms with Gasteiger partial charge in [-0.1, -0.05) is 13.8 Å². The van der Waals surface area contributed by atoms with Crippen LogP contribution in [0.15, 0.2) is 23.1 Å². The van der Waals surface area contributed by atoms with E-state index in [2.05, 4.69) is 0 Å². The van der Waals surface area contributed by atoms with Gasteiger partial charge in [0, 0.05) is 18.7 Å². The SMILES string of the molecule is CCN(CC)S(=O)(=O)c1ccc2c(c1)[C@@H]1O[C@@H]1C(C)(C)O2. The number of hydrogen-bond acceptors (Lipinski definition) is 4. The summed E-state index contributed by atoms with van der Waals surface area (Å²) in [5.74, 6) is 0.720. The van der Waals surface area contributed by atoms with Crippen molar-refractivity contribution in [1.29, 1.82) is 0 Å². The Kier molecular flexibility index (Phi) is 3.31. The van der Waals surface area contributed by atoms with Crippen LogP contribution in [0, 0.1) is 0 Å². The lowest BCUT2D eigenvalue weighted by molar-refractivity contribution is 0.0724. The molecule has 21 heavy (non-hydrogen) atoms. The Bertz CT molecular complexity index is 664. The summed E-state index contributed by atoms with van der Waals surface area (Å²) in [6.45, 7) is 8.57. The Morgan fingerprint density at radius 2 is 1.90 bits per heavy atom. The van der Waals surface area contributed by atoms with Gasteiger partial charge in [0.25, 0.3) is 0 Å². The molecule has 0 bridgehead atoms. The molecule has 2 heterocycles. The van der Waals surface area contributed by atoms with Gasteiger partial charge in [-0.2, -0.15) is 4.31 Å². The number of benzene rings is 1. The van der Waals surface area contributed by atoms with Gasteiger partial charge < -0.3 is 9.47 Å². The van der Waals surface area contributed by atoms with Gasteiger partial charge in [-0.25, -0.2) is 8.42 Å². The van der Waals surface area contributed by atoms with Gasteiger partial charge >= 0.3 is 0 Å². The van der Waals surface area contributed by atoms with Gasteiger partial charge in [-0.05, 0) is 32.0 Å². The van der Waals surface area contributed by atoms with Crippen LogP contribution < -0.4 is 4.74 Å². The van der Waals surface area contributed by atoms with E-state index in [1.807, 2.05) is 27.7 Å². The van der Waals surface area contributed by atoms with Crippen LogP contribution in [0.4, 0.5) is 0 Å². The first-order chi connectivity index (χ1) is 9.81. The summed E-state index contributed by atoms with van der Waals surface area (Å²) in [6.07, 6.45) is -0.0352. The first-order valence-corrected chi connectivity index (χ1v) is 8.74. The quantitative estimate of drug-likeness (QED) is 0.801. The van der Waals surface area contributed by atoms with Crippen molar-refractivity contribution in [3.8, 4) is 5.75 Å². The zero-order valence-corrected chi connectivity index (χ0v) is 13.6. The second-order valence-electron chi connectivity index (χ2n) is 5.97. The zero-order valence-electron chi connectivity index (χ0n) is 12.8. The summed E-state index contributed by atoms with van der Waals surface area (Å²) in [6, 6.07) is 5.06. The molecule has 1 aromatic rings. The minimum atomic E-state index is -3.45. The second kappa shape index (κ2) is 4.69. The van der Waals surface area contributed by atoms with Gasteiger partial charge in [-0.15, -0.1) is 0 Å². The van der Waals surface area contributed by atoms with Crippen molar-refractivity contribution in [2.24, 2.45) is 0 Å². The van der Waals surface area contributed by atoms with E-state index in [0.717, 1.165) is 11.3 Å². The van der Waals surface area contributed by atoms with E-state index >= 15 is 0 Å². The minimum Gasteiger partial charge on any atom is -0.485 e. The maximum absolute atomic E-state index is 12.6. The number of fused-ring (bicyclic) bond motifs is 3. The molecule has 5 nitrogen and oxygen atoms in total. The van der Waals surface area contributed by atoms with Crippen molar-refractivity contribution >= 4 is 10.0 Å². The van der Waals surface area contributed by atoms with Crippen LogP contribution in [-0.4, -0.2) is 37.5 Å². The van der Waals surface area contributed by atoms with Gasteiger partial charge in [0.1, 0.15) is 23.6 Å². The molecular formula is C15H21NO4S. The molecule has 0 unspecified atom stereocenters. The Hall–Kier alpha value is -1.11. The second-order valence-corrected chi connectivity index (χ2v) is 7.91. The summed E-state index contributed by atoms with van der Waals surface area (Å²) in [5.41, 5.74) is 0.476. The maximum Gasteiger partial charge on any atom is 0.243 e. The molecule has 2 aliphatic heterocycles. The molecule has 0 spiro atoms. The molecule has 6 heteroatoms. The van der Waals surface area contributed by atoms with E-state index in [0.29, 0.717) is 18.0 Å². The third-order valence-electron chi connectivity index (χ3n) is 4.18. The molecule has 1 fully saturated rings.